The van der Waals surface area contributed by atoms with Crippen LogP contribution in [0, 0.1) is 5.92 Å². The van der Waals surface area contributed by atoms with E-state index in [0.717, 1.165) is 0 Å². The maximum atomic E-state index is 11.4. The van der Waals surface area contributed by atoms with Crippen LogP contribution in [0.2, 0.25) is 0 Å². The van der Waals surface area contributed by atoms with E-state index in [1.807, 2.05) is 25.1 Å². The van der Waals surface area contributed by atoms with Crippen molar-refractivity contribution in [2.45, 2.75) is 33.8 Å². The summed E-state index contributed by atoms with van der Waals surface area (Å²) in [4.78, 5) is 11.4. The molecular weight excluding hydrogens is 228 g/mol. The number of benzene rings is 1. The van der Waals surface area contributed by atoms with Crippen molar-refractivity contribution in [1.29, 1.82) is 0 Å². The van der Waals surface area contributed by atoms with E-state index in [9.17, 15) is 4.79 Å². The number of hydrogen-bond acceptors (Lipinski definition) is 3. The van der Waals surface area contributed by atoms with Gasteiger partial charge in [0.2, 0.25) is 0 Å². The molecule has 1 unspecified atom stereocenters. The summed E-state index contributed by atoms with van der Waals surface area (Å²) in [6, 6.07) is 7.28. The number of carbonyl (C=O) groups is 1. The molecule has 3 heteroatoms. The highest BCUT2D eigenvalue weighted by Gasteiger charge is 2.09. The van der Waals surface area contributed by atoms with Crippen molar-refractivity contribution in [2.24, 2.45) is 5.92 Å². The molecule has 1 aromatic rings. The molecular formula is C15H22O3. The van der Waals surface area contributed by atoms with E-state index in [1.165, 1.54) is 0 Å². The Morgan fingerprint density at radius 1 is 1.17 bits per heavy atom. The molecule has 0 aliphatic rings. The molecule has 0 spiro atoms. The van der Waals surface area contributed by atoms with Gasteiger partial charge in [-0.3, -0.25) is 4.79 Å². The summed E-state index contributed by atoms with van der Waals surface area (Å²) >= 11 is 0. The van der Waals surface area contributed by atoms with E-state index < -0.39 is 0 Å². The Labute approximate surface area is 109 Å². The van der Waals surface area contributed by atoms with Gasteiger partial charge in [-0.05, 0) is 31.9 Å². The lowest BCUT2D eigenvalue weighted by molar-refractivity contribution is 0.0187. The standard InChI is InChI=1S/C15H22O3/c1-11(2)13(4)17-9-10-18-15-8-6-5-7-14(15)12(3)16/h5-8,11,13H,9-10H2,1-4H3. The van der Waals surface area contributed by atoms with Gasteiger partial charge >= 0.3 is 0 Å². The minimum Gasteiger partial charge on any atom is -0.490 e. The van der Waals surface area contributed by atoms with Gasteiger partial charge < -0.3 is 9.47 Å². The Morgan fingerprint density at radius 2 is 1.83 bits per heavy atom. The third-order valence-corrected chi connectivity index (χ3v) is 2.93. The predicted octanol–water partition coefficient (Wildman–Crippen LogP) is 3.33. The van der Waals surface area contributed by atoms with Gasteiger partial charge in [0.05, 0.1) is 18.3 Å². The average molecular weight is 250 g/mol. The molecule has 0 amide bonds. The highest BCUT2D eigenvalue weighted by Crippen LogP contribution is 2.18. The summed E-state index contributed by atoms with van der Waals surface area (Å²) in [6.07, 6.45) is 0.219. The smallest absolute Gasteiger partial charge is 0.163 e. The van der Waals surface area contributed by atoms with Gasteiger partial charge in [0.1, 0.15) is 12.4 Å². The summed E-state index contributed by atoms with van der Waals surface area (Å²) in [5.74, 6) is 1.14. The highest BCUT2D eigenvalue weighted by molar-refractivity contribution is 5.96. The first kappa shape index (κ1) is 14.7. The van der Waals surface area contributed by atoms with Crippen LogP contribution < -0.4 is 4.74 Å². The fourth-order valence-corrected chi connectivity index (χ4v) is 1.46. The van der Waals surface area contributed by atoms with Crippen LogP contribution >= 0.6 is 0 Å². The number of hydrogen-bond donors (Lipinski definition) is 0. The van der Waals surface area contributed by atoms with Crippen molar-refractivity contribution in [3.05, 3.63) is 29.8 Å². The van der Waals surface area contributed by atoms with Crippen molar-refractivity contribution in [2.75, 3.05) is 13.2 Å². The van der Waals surface area contributed by atoms with E-state index in [1.54, 1.807) is 13.0 Å². The average Bonchev–Trinajstić information content (AvgIpc) is 2.34. The third-order valence-electron chi connectivity index (χ3n) is 2.93. The van der Waals surface area contributed by atoms with Crippen LogP contribution in [-0.2, 0) is 4.74 Å². The fourth-order valence-electron chi connectivity index (χ4n) is 1.46. The lowest BCUT2D eigenvalue weighted by Gasteiger charge is -2.17. The first-order valence-electron chi connectivity index (χ1n) is 6.36. The highest BCUT2D eigenvalue weighted by atomic mass is 16.5. The van der Waals surface area contributed by atoms with Gasteiger partial charge in [-0.25, -0.2) is 0 Å². The fraction of sp³-hybridized carbons (Fsp3) is 0.533. The molecule has 0 N–H and O–H groups in total. The number of para-hydroxylation sites is 1. The maximum Gasteiger partial charge on any atom is 0.163 e. The molecule has 18 heavy (non-hydrogen) atoms. The van der Waals surface area contributed by atoms with Crippen LogP contribution in [0.3, 0.4) is 0 Å². The van der Waals surface area contributed by atoms with Crippen LogP contribution in [0.15, 0.2) is 24.3 Å². The number of rotatable bonds is 7. The SMILES string of the molecule is CC(=O)c1ccccc1OCCOC(C)C(C)C. The van der Waals surface area contributed by atoms with Gasteiger partial charge in [-0.15, -0.1) is 0 Å². The Morgan fingerprint density at radius 3 is 2.44 bits per heavy atom. The Bertz CT molecular complexity index is 385. The molecule has 1 aromatic carbocycles. The molecule has 0 heterocycles. The normalized spacial score (nSPS) is 12.5. The van der Waals surface area contributed by atoms with E-state index >= 15 is 0 Å². The number of carbonyl (C=O) groups excluding carboxylic acids is 1. The first-order chi connectivity index (χ1) is 8.52. The quantitative estimate of drug-likeness (QED) is 0.550. The van der Waals surface area contributed by atoms with E-state index in [4.69, 9.17) is 9.47 Å². The zero-order valence-electron chi connectivity index (χ0n) is 11.6. The molecule has 0 radical (unpaired) electrons. The molecule has 0 saturated carbocycles. The van der Waals surface area contributed by atoms with E-state index in [0.29, 0.717) is 30.4 Å². The number of Topliss-reactive ketones (excluding diaryl/α,β-unsaturated/α-hetero) is 1. The van der Waals surface area contributed by atoms with Gasteiger partial charge in [-0.2, -0.15) is 0 Å². The van der Waals surface area contributed by atoms with E-state index in [-0.39, 0.29) is 11.9 Å². The zero-order chi connectivity index (χ0) is 13.5. The third kappa shape index (κ3) is 4.49. The molecule has 0 aromatic heterocycles. The Kier molecular flexibility index (Phi) is 5.86. The number of ketones is 1. The molecule has 0 saturated heterocycles. The second kappa shape index (κ2) is 7.17. The Balaban J connectivity index is 2.42. The molecule has 0 bridgehead atoms. The van der Waals surface area contributed by atoms with Gasteiger partial charge in [0.15, 0.2) is 5.78 Å². The second-order valence-corrected chi connectivity index (χ2v) is 4.72. The van der Waals surface area contributed by atoms with Crippen LogP contribution in [-0.4, -0.2) is 25.1 Å². The summed E-state index contributed by atoms with van der Waals surface area (Å²) in [7, 11) is 0. The van der Waals surface area contributed by atoms with Gasteiger partial charge in [0.25, 0.3) is 0 Å². The lowest BCUT2D eigenvalue weighted by Crippen LogP contribution is -2.19. The summed E-state index contributed by atoms with van der Waals surface area (Å²) in [6.45, 7) is 8.83. The monoisotopic (exact) mass is 250 g/mol. The summed E-state index contributed by atoms with van der Waals surface area (Å²) < 4.78 is 11.2. The van der Waals surface area contributed by atoms with Crippen molar-refractivity contribution in [3.63, 3.8) is 0 Å². The van der Waals surface area contributed by atoms with Crippen molar-refractivity contribution < 1.29 is 14.3 Å². The van der Waals surface area contributed by atoms with Gasteiger partial charge in [0, 0.05) is 0 Å². The minimum absolute atomic E-state index is 0.0158. The lowest BCUT2D eigenvalue weighted by atomic mass is 10.1. The van der Waals surface area contributed by atoms with Crippen LogP contribution in [0.1, 0.15) is 38.1 Å². The molecule has 100 valence electrons. The summed E-state index contributed by atoms with van der Waals surface area (Å²) in [5, 5.41) is 0. The molecule has 0 aliphatic carbocycles. The number of ether oxygens (including phenoxy) is 2. The minimum atomic E-state index is 0.0158. The first-order valence-corrected chi connectivity index (χ1v) is 6.36. The topological polar surface area (TPSA) is 35.5 Å². The van der Waals surface area contributed by atoms with Crippen molar-refractivity contribution in [1.82, 2.24) is 0 Å². The molecule has 1 atom stereocenters. The largest absolute Gasteiger partial charge is 0.490 e. The van der Waals surface area contributed by atoms with E-state index in [2.05, 4.69) is 13.8 Å². The molecule has 1 rings (SSSR count). The summed E-state index contributed by atoms with van der Waals surface area (Å²) in [5.41, 5.74) is 0.620. The second-order valence-electron chi connectivity index (χ2n) is 4.72. The Hall–Kier alpha value is -1.35. The van der Waals surface area contributed by atoms with Crippen molar-refractivity contribution in [3.8, 4) is 5.75 Å². The predicted molar refractivity (Wildman–Crippen MR) is 72.2 cm³/mol. The maximum absolute atomic E-state index is 11.4. The van der Waals surface area contributed by atoms with Crippen LogP contribution in [0.5, 0.6) is 5.75 Å². The van der Waals surface area contributed by atoms with Crippen molar-refractivity contribution >= 4 is 5.78 Å². The zero-order valence-corrected chi connectivity index (χ0v) is 11.6. The molecule has 3 nitrogen and oxygen atoms in total. The molecule has 0 aliphatic heterocycles. The molecule has 0 fully saturated rings. The van der Waals surface area contributed by atoms with Gasteiger partial charge in [-0.1, -0.05) is 26.0 Å². The van der Waals surface area contributed by atoms with Crippen LogP contribution in [0.25, 0.3) is 0 Å². The van der Waals surface area contributed by atoms with Crippen LogP contribution in [0.4, 0.5) is 0 Å².